The first kappa shape index (κ1) is 26.4. The van der Waals surface area contributed by atoms with Gasteiger partial charge in [0.1, 0.15) is 18.1 Å². The molecule has 2 rings (SSSR count). The molecule has 0 radical (unpaired) electrons. The fourth-order valence-electron chi connectivity index (χ4n) is 4.14. The Balaban J connectivity index is 2.16. The zero-order valence-electron chi connectivity index (χ0n) is 18.9. The highest BCUT2D eigenvalue weighted by Crippen LogP contribution is 2.26. The summed E-state index contributed by atoms with van der Waals surface area (Å²) in [5.41, 5.74) is 0. The van der Waals surface area contributed by atoms with E-state index < -0.39 is 53.9 Å². The number of nitriles is 1. The van der Waals surface area contributed by atoms with E-state index in [0.29, 0.717) is 19.4 Å². The Bertz CT molecular complexity index is 811. The summed E-state index contributed by atoms with van der Waals surface area (Å²) in [6.45, 7) is 5.51. The van der Waals surface area contributed by atoms with Gasteiger partial charge in [-0.15, -0.1) is 0 Å². The number of rotatable bonds is 7. The molecule has 5 atom stereocenters. The maximum Gasteiger partial charge on any atom is 0.471 e. The Morgan fingerprint density at radius 3 is 2.42 bits per heavy atom. The summed E-state index contributed by atoms with van der Waals surface area (Å²) >= 11 is 0. The van der Waals surface area contributed by atoms with Crippen molar-refractivity contribution in [3.63, 3.8) is 0 Å². The molecular formula is C21H30F3N5O4. The van der Waals surface area contributed by atoms with Crippen LogP contribution in [0.15, 0.2) is 0 Å². The fourth-order valence-corrected chi connectivity index (χ4v) is 4.14. The van der Waals surface area contributed by atoms with Gasteiger partial charge >= 0.3 is 12.1 Å². The molecule has 184 valence electrons. The summed E-state index contributed by atoms with van der Waals surface area (Å²) < 4.78 is 38.3. The molecule has 0 bridgehead atoms. The third kappa shape index (κ3) is 6.82. The maximum atomic E-state index is 13.1. The Morgan fingerprint density at radius 1 is 1.24 bits per heavy atom. The van der Waals surface area contributed by atoms with Crippen LogP contribution in [0.2, 0.25) is 0 Å². The van der Waals surface area contributed by atoms with Gasteiger partial charge in [-0.05, 0) is 37.5 Å². The highest BCUT2D eigenvalue weighted by Gasteiger charge is 2.44. The topological polar surface area (TPSA) is 131 Å². The lowest BCUT2D eigenvalue weighted by Gasteiger charge is -2.40. The van der Waals surface area contributed by atoms with E-state index in [1.54, 1.807) is 5.32 Å². The average molecular weight is 473 g/mol. The van der Waals surface area contributed by atoms with Crippen LogP contribution in [-0.4, -0.2) is 65.9 Å². The molecule has 2 heterocycles. The van der Waals surface area contributed by atoms with Crippen molar-refractivity contribution in [1.29, 1.82) is 5.26 Å². The first-order valence-corrected chi connectivity index (χ1v) is 11.0. The third-order valence-electron chi connectivity index (χ3n) is 6.08. The second-order valence-electron chi connectivity index (χ2n) is 9.07. The molecule has 0 aromatic carbocycles. The van der Waals surface area contributed by atoms with Gasteiger partial charge in [0.05, 0.1) is 6.07 Å². The summed E-state index contributed by atoms with van der Waals surface area (Å²) in [5.74, 6) is -4.79. The predicted molar refractivity (Wildman–Crippen MR) is 110 cm³/mol. The normalized spacial score (nSPS) is 25.1. The van der Waals surface area contributed by atoms with Crippen LogP contribution in [0.1, 0.15) is 46.5 Å². The molecule has 0 aromatic heterocycles. The monoisotopic (exact) mass is 473 g/mol. The van der Waals surface area contributed by atoms with Crippen LogP contribution < -0.4 is 16.0 Å². The number of amides is 4. The van der Waals surface area contributed by atoms with E-state index in [0.717, 1.165) is 0 Å². The number of alkyl halides is 3. The van der Waals surface area contributed by atoms with Crippen molar-refractivity contribution in [3.8, 4) is 6.07 Å². The van der Waals surface area contributed by atoms with Crippen molar-refractivity contribution < 1.29 is 32.3 Å². The Labute approximate surface area is 190 Å². The first-order valence-electron chi connectivity index (χ1n) is 11.0. The van der Waals surface area contributed by atoms with Crippen molar-refractivity contribution in [2.45, 2.75) is 70.8 Å². The van der Waals surface area contributed by atoms with Gasteiger partial charge in [0.2, 0.25) is 17.7 Å². The first-order chi connectivity index (χ1) is 15.3. The molecule has 12 heteroatoms. The number of carbonyl (C=O) groups excluding carboxylic acids is 4. The maximum absolute atomic E-state index is 13.1. The molecule has 0 saturated carbocycles. The molecule has 2 aliphatic heterocycles. The molecule has 3 N–H and O–H groups in total. The lowest BCUT2D eigenvalue weighted by atomic mass is 9.90. The number of halogens is 3. The van der Waals surface area contributed by atoms with Crippen LogP contribution >= 0.6 is 0 Å². The molecule has 0 aromatic rings. The van der Waals surface area contributed by atoms with Gasteiger partial charge < -0.3 is 20.9 Å². The quantitative estimate of drug-likeness (QED) is 0.505. The molecule has 2 saturated heterocycles. The van der Waals surface area contributed by atoms with Crippen molar-refractivity contribution >= 4 is 23.6 Å². The van der Waals surface area contributed by atoms with Gasteiger partial charge in [0.25, 0.3) is 0 Å². The minimum Gasteiger partial charge on any atom is -0.356 e. The van der Waals surface area contributed by atoms with Crippen LogP contribution in [0, 0.1) is 29.1 Å². The third-order valence-corrected chi connectivity index (χ3v) is 6.08. The van der Waals surface area contributed by atoms with E-state index >= 15 is 0 Å². The van der Waals surface area contributed by atoms with Crippen LogP contribution in [0.3, 0.4) is 0 Å². The predicted octanol–water partition coefficient (Wildman–Crippen LogP) is 0.851. The van der Waals surface area contributed by atoms with Gasteiger partial charge in [-0.25, -0.2) is 0 Å². The molecule has 2 aliphatic rings. The molecule has 0 spiro atoms. The zero-order valence-corrected chi connectivity index (χ0v) is 18.9. The highest BCUT2D eigenvalue weighted by atomic mass is 19.4. The van der Waals surface area contributed by atoms with Crippen LogP contribution in [0.25, 0.3) is 0 Å². The molecule has 2 fully saturated rings. The van der Waals surface area contributed by atoms with Crippen molar-refractivity contribution in [2.24, 2.45) is 17.8 Å². The van der Waals surface area contributed by atoms with E-state index in [2.05, 4.69) is 10.6 Å². The minimum atomic E-state index is -5.15. The number of likely N-dealkylation sites (tertiary alicyclic amines) is 1. The molecule has 0 aliphatic carbocycles. The van der Waals surface area contributed by atoms with Gasteiger partial charge in [-0.1, -0.05) is 20.8 Å². The second kappa shape index (κ2) is 10.9. The summed E-state index contributed by atoms with van der Waals surface area (Å²) in [6.07, 6.45) is -3.67. The van der Waals surface area contributed by atoms with Crippen LogP contribution in [0.5, 0.6) is 0 Å². The number of hydrogen-bond acceptors (Lipinski definition) is 5. The number of nitrogens with one attached hydrogen (secondary N) is 3. The lowest BCUT2D eigenvalue weighted by molar-refractivity contribution is -0.175. The average Bonchev–Trinajstić information content (AvgIpc) is 3.13. The summed E-state index contributed by atoms with van der Waals surface area (Å²) in [6, 6.07) is -1.45. The molecule has 0 unspecified atom stereocenters. The van der Waals surface area contributed by atoms with Gasteiger partial charge in [0.15, 0.2) is 0 Å². The van der Waals surface area contributed by atoms with Gasteiger partial charge in [-0.3, -0.25) is 19.2 Å². The highest BCUT2D eigenvalue weighted by molar-refractivity contribution is 5.93. The zero-order chi connectivity index (χ0) is 24.9. The van der Waals surface area contributed by atoms with Crippen LogP contribution in [0.4, 0.5) is 13.2 Å². The standard InChI is InChI=1S/C21H30F3N5O4/c1-11(2)16(28-20(33)21(22,23)24)19(32)29-7-5-12(3)8-15(29)18(31)27-14(10-25)9-13-4-6-26-17(13)30/h11-16H,4-9H2,1-3H3,(H,26,30)(H,27,31)(H,28,33)/t12-,13+,14+,15+,16+/m1/s1. The lowest BCUT2D eigenvalue weighted by Crippen LogP contribution is -2.61. The van der Waals surface area contributed by atoms with Crippen LogP contribution in [-0.2, 0) is 19.2 Å². The number of carbonyl (C=O) groups is 4. The molecule has 9 nitrogen and oxygen atoms in total. The largest absolute Gasteiger partial charge is 0.471 e. The Morgan fingerprint density at radius 2 is 1.91 bits per heavy atom. The van der Waals surface area contributed by atoms with E-state index in [4.69, 9.17) is 0 Å². The van der Waals surface area contributed by atoms with Gasteiger partial charge in [-0.2, -0.15) is 18.4 Å². The van der Waals surface area contributed by atoms with Gasteiger partial charge in [0, 0.05) is 19.0 Å². The van der Waals surface area contributed by atoms with Crippen molar-refractivity contribution in [1.82, 2.24) is 20.9 Å². The number of piperidine rings is 1. The minimum absolute atomic E-state index is 0.0632. The fraction of sp³-hybridized carbons (Fsp3) is 0.762. The van der Waals surface area contributed by atoms with E-state index in [9.17, 15) is 37.6 Å². The smallest absolute Gasteiger partial charge is 0.356 e. The number of nitrogens with zero attached hydrogens (tertiary/aromatic N) is 2. The van der Waals surface area contributed by atoms with Crippen molar-refractivity contribution in [3.05, 3.63) is 0 Å². The molecule has 4 amide bonds. The Hall–Kier alpha value is -2.84. The van der Waals surface area contributed by atoms with E-state index in [1.807, 2.05) is 13.0 Å². The second-order valence-corrected chi connectivity index (χ2v) is 9.07. The summed E-state index contributed by atoms with van der Waals surface area (Å²) in [7, 11) is 0. The number of hydrogen-bond donors (Lipinski definition) is 3. The van der Waals surface area contributed by atoms with E-state index in [-0.39, 0.29) is 31.2 Å². The van der Waals surface area contributed by atoms with E-state index in [1.165, 1.54) is 18.7 Å². The summed E-state index contributed by atoms with van der Waals surface area (Å²) in [4.78, 5) is 50.6. The Kier molecular flexibility index (Phi) is 8.69. The summed E-state index contributed by atoms with van der Waals surface area (Å²) in [5, 5.41) is 16.4. The van der Waals surface area contributed by atoms with Crippen molar-refractivity contribution in [2.75, 3.05) is 13.1 Å². The molecule has 33 heavy (non-hydrogen) atoms. The SMILES string of the molecule is CC(C)[C@H](NC(=O)C(F)(F)F)C(=O)N1CC[C@@H](C)C[C@H]1C(=O)N[C@H](C#N)C[C@@H]1CCNC1=O. The molecular weight excluding hydrogens is 443 g/mol.